The molecule has 0 saturated carbocycles. The normalized spacial score (nSPS) is 12.1. The highest BCUT2D eigenvalue weighted by Crippen LogP contribution is 2.31. The summed E-state index contributed by atoms with van der Waals surface area (Å²) in [6.07, 6.45) is 0. The number of halogens is 1. The first kappa shape index (κ1) is 26.4. The number of rotatable bonds is 9. The van der Waals surface area contributed by atoms with Crippen LogP contribution in [0.1, 0.15) is 29.7 Å². The van der Waals surface area contributed by atoms with Crippen molar-refractivity contribution in [2.75, 3.05) is 25.1 Å². The number of nitrogens with zero attached hydrogens (tertiary/aromatic N) is 1. The average molecular weight is 517 g/mol. The Kier molecular flexibility index (Phi) is 8.30. The second kappa shape index (κ2) is 11.0. The van der Waals surface area contributed by atoms with Gasteiger partial charge in [0.05, 0.1) is 30.8 Å². The Hall–Kier alpha value is -3.23. The Bertz CT molecular complexity index is 1310. The van der Waals surface area contributed by atoms with Gasteiger partial charge in [0.25, 0.3) is 10.0 Å². The Morgan fingerprint density at radius 2 is 1.63 bits per heavy atom. The van der Waals surface area contributed by atoms with Crippen LogP contribution in [0.3, 0.4) is 0 Å². The van der Waals surface area contributed by atoms with Gasteiger partial charge in [0, 0.05) is 5.02 Å². The molecule has 0 fully saturated rings. The van der Waals surface area contributed by atoms with E-state index in [1.807, 2.05) is 19.9 Å². The summed E-state index contributed by atoms with van der Waals surface area (Å²) in [5.41, 5.74) is 2.72. The van der Waals surface area contributed by atoms with Crippen molar-refractivity contribution in [3.05, 3.63) is 82.4 Å². The smallest absolute Gasteiger partial charge is 0.264 e. The maximum Gasteiger partial charge on any atom is 0.264 e. The van der Waals surface area contributed by atoms with Crippen molar-refractivity contribution in [2.45, 2.75) is 31.7 Å². The first-order valence-corrected chi connectivity index (χ1v) is 12.8. The SMILES string of the molecule is COc1ccc(C(C)NC(=O)CN(c2cc(Cl)ccc2C)S(=O)(=O)c2ccc(C)cc2)cc1OC. The summed E-state index contributed by atoms with van der Waals surface area (Å²) in [5, 5.41) is 3.25. The van der Waals surface area contributed by atoms with E-state index >= 15 is 0 Å². The van der Waals surface area contributed by atoms with Crippen LogP contribution < -0.4 is 19.1 Å². The predicted molar refractivity (Wildman–Crippen MR) is 138 cm³/mol. The fourth-order valence-electron chi connectivity index (χ4n) is 3.61. The first-order valence-electron chi connectivity index (χ1n) is 10.9. The number of hydrogen-bond acceptors (Lipinski definition) is 5. The van der Waals surface area contributed by atoms with Crippen LogP contribution in [-0.2, 0) is 14.8 Å². The molecule has 1 unspecified atom stereocenters. The van der Waals surface area contributed by atoms with Gasteiger partial charge in [0.2, 0.25) is 5.91 Å². The van der Waals surface area contributed by atoms with Gasteiger partial charge in [0.1, 0.15) is 6.54 Å². The van der Waals surface area contributed by atoms with Crippen molar-refractivity contribution in [3.63, 3.8) is 0 Å². The van der Waals surface area contributed by atoms with Crippen molar-refractivity contribution in [1.82, 2.24) is 5.32 Å². The van der Waals surface area contributed by atoms with Crippen LogP contribution in [0, 0.1) is 13.8 Å². The quantitative estimate of drug-likeness (QED) is 0.430. The molecule has 7 nitrogen and oxygen atoms in total. The molecule has 1 atom stereocenters. The van der Waals surface area contributed by atoms with Gasteiger partial charge in [-0.1, -0.05) is 41.4 Å². The lowest BCUT2D eigenvalue weighted by atomic mass is 10.1. The standard InChI is InChI=1S/C26H29ClN2O5S/c1-17-6-11-22(12-7-17)35(31,32)29(23-15-21(27)10-8-18(23)2)16-26(30)28-19(3)20-9-13-24(33-4)25(14-20)34-5/h6-15,19H,16H2,1-5H3,(H,28,30). The number of amides is 1. The molecule has 186 valence electrons. The number of aryl methyl sites for hydroxylation is 2. The van der Waals surface area contributed by atoms with Crippen LogP contribution in [0.15, 0.2) is 65.6 Å². The van der Waals surface area contributed by atoms with Crippen LogP contribution in [0.4, 0.5) is 5.69 Å². The third-order valence-electron chi connectivity index (χ3n) is 5.62. The topological polar surface area (TPSA) is 84.9 Å². The maximum atomic E-state index is 13.6. The van der Waals surface area contributed by atoms with Crippen LogP contribution in [-0.4, -0.2) is 35.1 Å². The summed E-state index contributed by atoms with van der Waals surface area (Å²) >= 11 is 6.19. The van der Waals surface area contributed by atoms with Gasteiger partial charge in [-0.05, 0) is 68.3 Å². The number of carbonyl (C=O) groups is 1. The Morgan fingerprint density at radius 3 is 2.26 bits per heavy atom. The van der Waals surface area contributed by atoms with Crippen LogP contribution >= 0.6 is 11.6 Å². The van der Waals surface area contributed by atoms with E-state index in [-0.39, 0.29) is 4.90 Å². The van der Waals surface area contributed by atoms with E-state index in [1.54, 1.807) is 56.5 Å². The fourth-order valence-corrected chi connectivity index (χ4v) is 5.26. The van der Waals surface area contributed by atoms with Gasteiger partial charge in [-0.25, -0.2) is 8.42 Å². The maximum absolute atomic E-state index is 13.6. The van der Waals surface area contributed by atoms with Gasteiger partial charge in [0.15, 0.2) is 11.5 Å². The molecular formula is C26H29ClN2O5S. The zero-order chi connectivity index (χ0) is 25.8. The van der Waals surface area contributed by atoms with Crippen molar-refractivity contribution >= 4 is 33.2 Å². The van der Waals surface area contributed by atoms with Gasteiger partial charge in [-0.15, -0.1) is 0 Å². The summed E-state index contributed by atoms with van der Waals surface area (Å²) in [6, 6.07) is 16.4. The highest BCUT2D eigenvalue weighted by molar-refractivity contribution is 7.92. The van der Waals surface area contributed by atoms with E-state index < -0.39 is 28.5 Å². The lowest BCUT2D eigenvalue weighted by molar-refractivity contribution is -0.120. The van der Waals surface area contributed by atoms with E-state index in [4.69, 9.17) is 21.1 Å². The number of benzene rings is 3. The Labute approximate surface area is 211 Å². The molecule has 0 aliphatic heterocycles. The number of ether oxygens (including phenoxy) is 2. The Balaban J connectivity index is 1.92. The molecular weight excluding hydrogens is 488 g/mol. The largest absolute Gasteiger partial charge is 0.493 e. The minimum absolute atomic E-state index is 0.0863. The summed E-state index contributed by atoms with van der Waals surface area (Å²) < 4.78 is 39.0. The number of anilines is 1. The molecule has 1 N–H and O–H groups in total. The third-order valence-corrected chi connectivity index (χ3v) is 7.63. The summed E-state index contributed by atoms with van der Waals surface area (Å²) in [6.45, 7) is 5.03. The van der Waals surface area contributed by atoms with Gasteiger partial charge in [-0.2, -0.15) is 0 Å². The third kappa shape index (κ3) is 6.07. The molecule has 3 aromatic carbocycles. The average Bonchev–Trinajstić information content (AvgIpc) is 2.83. The monoisotopic (exact) mass is 516 g/mol. The summed E-state index contributed by atoms with van der Waals surface area (Å²) in [4.78, 5) is 13.2. The molecule has 1 amide bonds. The molecule has 0 aliphatic carbocycles. The second-order valence-corrected chi connectivity index (χ2v) is 10.5. The Morgan fingerprint density at radius 1 is 0.971 bits per heavy atom. The molecule has 0 bridgehead atoms. The molecule has 0 aromatic heterocycles. The molecule has 0 saturated heterocycles. The number of hydrogen-bond donors (Lipinski definition) is 1. The second-order valence-electron chi connectivity index (χ2n) is 8.16. The summed E-state index contributed by atoms with van der Waals surface area (Å²) in [7, 11) is -0.969. The minimum atomic E-state index is -4.05. The summed E-state index contributed by atoms with van der Waals surface area (Å²) in [5.74, 6) is 0.633. The molecule has 0 aliphatic rings. The molecule has 0 radical (unpaired) electrons. The van der Waals surface area contributed by atoms with Crippen molar-refractivity contribution in [3.8, 4) is 11.5 Å². The van der Waals surface area contributed by atoms with Crippen LogP contribution in [0.5, 0.6) is 11.5 Å². The highest BCUT2D eigenvalue weighted by Gasteiger charge is 2.29. The van der Waals surface area contributed by atoms with Crippen LogP contribution in [0.2, 0.25) is 5.02 Å². The van der Waals surface area contributed by atoms with Gasteiger partial charge < -0.3 is 14.8 Å². The predicted octanol–water partition coefficient (Wildman–Crippen LogP) is 5.05. The minimum Gasteiger partial charge on any atom is -0.493 e. The molecule has 9 heteroatoms. The molecule has 35 heavy (non-hydrogen) atoms. The van der Waals surface area contributed by atoms with E-state index in [0.717, 1.165) is 15.4 Å². The van der Waals surface area contributed by atoms with Crippen molar-refractivity contribution in [2.24, 2.45) is 0 Å². The lowest BCUT2D eigenvalue weighted by Gasteiger charge is -2.27. The van der Waals surface area contributed by atoms with E-state index in [2.05, 4.69) is 5.32 Å². The number of methoxy groups -OCH3 is 2. The fraction of sp³-hybridized carbons (Fsp3) is 0.269. The number of carbonyl (C=O) groups excluding carboxylic acids is 1. The zero-order valence-corrected chi connectivity index (χ0v) is 21.9. The highest BCUT2D eigenvalue weighted by atomic mass is 35.5. The molecule has 0 spiro atoms. The molecule has 3 rings (SSSR count). The zero-order valence-electron chi connectivity index (χ0n) is 20.3. The first-order chi connectivity index (χ1) is 16.6. The van der Waals surface area contributed by atoms with Gasteiger partial charge in [-0.3, -0.25) is 9.10 Å². The van der Waals surface area contributed by atoms with Gasteiger partial charge >= 0.3 is 0 Å². The lowest BCUT2D eigenvalue weighted by Crippen LogP contribution is -2.42. The van der Waals surface area contributed by atoms with Crippen molar-refractivity contribution in [1.29, 1.82) is 0 Å². The molecule has 0 heterocycles. The van der Waals surface area contributed by atoms with Crippen LogP contribution in [0.25, 0.3) is 0 Å². The van der Waals surface area contributed by atoms with E-state index in [9.17, 15) is 13.2 Å². The van der Waals surface area contributed by atoms with E-state index in [1.165, 1.54) is 19.2 Å². The van der Waals surface area contributed by atoms with E-state index in [0.29, 0.717) is 27.8 Å². The number of nitrogens with one attached hydrogen (secondary N) is 1. The molecule has 3 aromatic rings. The van der Waals surface area contributed by atoms with Crippen molar-refractivity contribution < 1.29 is 22.7 Å². The number of sulfonamides is 1.